The van der Waals surface area contributed by atoms with Gasteiger partial charge >= 0.3 is 0 Å². The number of nitrogens with zero attached hydrogens (tertiary/aromatic N) is 1. The number of H-pyrrole nitrogens is 1. The Hall–Kier alpha value is -1.00. The first-order valence-electron chi connectivity index (χ1n) is 4.83. The Morgan fingerprint density at radius 3 is 2.40 bits per heavy atom. The molecule has 0 radical (unpaired) electrons. The zero-order valence-corrected chi connectivity index (χ0v) is 10.3. The summed E-state index contributed by atoms with van der Waals surface area (Å²) in [5.74, 6) is 1.42. The van der Waals surface area contributed by atoms with Crippen molar-refractivity contribution in [2.24, 2.45) is 0 Å². The highest BCUT2D eigenvalue weighted by atomic mass is 32.2. The van der Waals surface area contributed by atoms with E-state index in [0.717, 1.165) is 15.3 Å². The Morgan fingerprint density at radius 2 is 1.93 bits per heavy atom. The number of aromatic amines is 1. The summed E-state index contributed by atoms with van der Waals surface area (Å²) in [6.07, 6.45) is 0. The van der Waals surface area contributed by atoms with Crippen molar-refractivity contribution in [1.29, 1.82) is 0 Å². The molecule has 0 aliphatic rings. The van der Waals surface area contributed by atoms with Crippen LogP contribution < -0.4 is 0 Å². The lowest BCUT2D eigenvalue weighted by Gasteiger charge is -2.04. The molecular weight excluding hydrogens is 224 g/mol. The van der Waals surface area contributed by atoms with Crippen LogP contribution in [0.1, 0.15) is 25.3 Å². The maximum Gasteiger partial charge on any atom is 0.178 e. The summed E-state index contributed by atoms with van der Waals surface area (Å²) in [6.45, 7) is 4.37. The summed E-state index contributed by atoms with van der Waals surface area (Å²) in [7, 11) is 0. The van der Waals surface area contributed by atoms with E-state index in [4.69, 9.17) is 12.2 Å². The number of rotatable bonds is 2. The lowest BCUT2D eigenvalue weighted by atomic mass is 10.0. The van der Waals surface area contributed by atoms with Gasteiger partial charge in [-0.1, -0.05) is 38.1 Å². The normalized spacial score (nSPS) is 10.9. The molecule has 0 spiro atoms. The van der Waals surface area contributed by atoms with Gasteiger partial charge in [-0.2, -0.15) is 4.37 Å². The van der Waals surface area contributed by atoms with E-state index in [1.165, 1.54) is 17.1 Å². The molecule has 2 aromatic rings. The average Bonchev–Trinajstić information content (AvgIpc) is 2.65. The van der Waals surface area contributed by atoms with Gasteiger partial charge in [0.25, 0.3) is 0 Å². The third-order valence-electron chi connectivity index (χ3n) is 2.29. The van der Waals surface area contributed by atoms with E-state index in [2.05, 4.69) is 47.5 Å². The van der Waals surface area contributed by atoms with Crippen molar-refractivity contribution in [2.75, 3.05) is 0 Å². The van der Waals surface area contributed by atoms with Crippen molar-refractivity contribution in [1.82, 2.24) is 9.36 Å². The van der Waals surface area contributed by atoms with Crippen molar-refractivity contribution in [3.63, 3.8) is 0 Å². The van der Waals surface area contributed by atoms with Crippen LogP contribution >= 0.6 is 23.8 Å². The second kappa shape index (κ2) is 4.24. The minimum atomic E-state index is 0.563. The fourth-order valence-corrected chi connectivity index (χ4v) is 2.06. The first-order valence-corrected chi connectivity index (χ1v) is 6.01. The van der Waals surface area contributed by atoms with Gasteiger partial charge in [0.2, 0.25) is 0 Å². The number of hydrogen-bond acceptors (Lipinski definition) is 3. The van der Waals surface area contributed by atoms with E-state index in [1.54, 1.807) is 0 Å². The second-order valence-corrected chi connectivity index (χ2v) is 5.16. The average molecular weight is 236 g/mol. The number of hydrogen-bond donors (Lipinski definition) is 1. The smallest absolute Gasteiger partial charge is 0.178 e. The van der Waals surface area contributed by atoms with Gasteiger partial charge in [-0.15, -0.1) is 0 Å². The summed E-state index contributed by atoms with van der Waals surface area (Å²) >= 11 is 6.32. The van der Waals surface area contributed by atoms with Gasteiger partial charge in [0.1, 0.15) is 0 Å². The van der Waals surface area contributed by atoms with Crippen molar-refractivity contribution in [3.8, 4) is 11.4 Å². The maximum absolute atomic E-state index is 5.00. The van der Waals surface area contributed by atoms with Crippen LogP contribution in [-0.4, -0.2) is 9.36 Å². The van der Waals surface area contributed by atoms with Gasteiger partial charge < -0.3 is 4.98 Å². The molecule has 2 nitrogen and oxygen atoms in total. The Labute approximate surface area is 98.2 Å². The highest BCUT2D eigenvalue weighted by Crippen LogP contribution is 2.20. The number of benzene rings is 1. The Morgan fingerprint density at radius 1 is 1.27 bits per heavy atom. The molecule has 0 bridgehead atoms. The quantitative estimate of drug-likeness (QED) is 0.799. The zero-order chi connectivity index (χ0) is 10.8. The molecule has 1 N–H and O–H groups in total. The molecular formula is C11H12N2S2. The predicted octanol–water partition coefficient (Wildman–Crippen LogP) is 3.99. The first kappa shape index (κ1) is 10.5. The zero-order valence-electron chi connectivity index (χ0n) is 8.65. The van der Waals surface area contributed by atoms with Crippen LogP contribution in [0.5, 0.6) is 0 Å². The van der Waals surface area contributed by atoms with Crippen LogP contribution in [0.25, 0.3) is 11.4 Å². The molecule has 1 aromatic carbocycles. The fraction of sp³-hybridized carbons (Fsp3) is 0.273. The largest absolute Gasteiger partial charge is 0.320 e. The van der Waals surface area contributed by atoms with Crippen LogP contribution in [0.2, 0.25) is 0 Å². The van der Waals surface area contributed by atoms with Gasteiger partial charge in [0, 0.05) is 5.56 Å². The molecule has 0 aliphatic heterocycles. The lowest BCUT2D eigenvalue weighted by Crippen LogP contribution is -1.87. The monoisotopic (exact) mass is 236 g/mol. The van der Waals surface area contributed by atoms with Gasteiger partial charge in [0.05, 0.1) is 0 Å². The highest BCUT2D eigenvalue weighted by Gasteiger charge is 2.02. The van der Waals surface area contributed by atoms with Crippen LogP contribution in [0.15, 0.2) is 24.3 Å². The topological polar surface area (TPSA) is 28.7 Å². The molecule has 0 fully saturated rings. The molecule has 1 aromatic heterocycles. The Kier molecular flexibility index (Phi) is 2.98. The van der Waals surface area contributed by atoms with E-state index >= 15 is 0 Å². The summed E-state index contributed by atoms with van der Waals surface area (Å²) < 4.78 is 4.96. The molecule has 4 heteroatoms. The standard InChI is InChI=1S/C11H12N2S2/c1-7(2)8-3-5-9(6-4-8)10-12-11(14)15-13-10/h3-7H,1-2H3,(H,12,13,14). The van der Waals surface area contributed by atoms with Crippen molar-refractivity contribution >= 4 is 23.8 Å². The summed E-state index contributed by atoms with van der Waals surface area (Å²) in [5, 5.41) is 0. The van der Waals surface area contributed by atoms with E-state index in [9.17, 15) is 0 Å². The van der Waals surface area contributed by atoms with E-state index in [-0.39, 0.29) is 0 Å². The summed E-state index contributed by atoms with van der Waals surface area (Å²) in [6, 6.07) is 8.43. The molecule has 0 atom stereocenters. The van der Waals surface area contributed by atoms with Gasteiger partial charge in [-0.3, -0.25) is 0 Å². The van der Waals surface area contributed by atoms with Crippen molar-refractivity contribution < 1.29 is 0 Å². The molecule has 0 unspecified atom stereocenters. The van der Waals surface area contributed by atoms with Crippen LogP contribution in [-0.2, 0) is 0 Å². The predicted molar refractivity (Wildman–Crippen MR) is 66.8 cm³/mol. The summed E-state index contributed by atoms with van der Waals surface area (Å²) in [5.41, 5.74) is 2.43. The van der Waals surface area contributed by atoms with Crippen LogP contribution in [0.3, 0.4) is 0 Å². The molecule has 1 heterocycles. The minimum absolute atomic E-state index is 0.563. The van der Waals surface area contributed by atoms with Gasteiger partial charge in [-0.25, -0.2) is 0 Å². The Bertz CT molecular complexity index is 494. The highest BCUT2D eigenvalue weighted by molar-refractivity contribution is 7.73. The first-order chi connectivity index (χ1) is 7.16. The van der Waals surface area contributed by atoms with Crippen molar-refractivity contribution in [3.05, 3.63) is 33.8 Å². The van der Waals surface area contributed by atoms with Crippen molar-refractivity contribution in [2.45, 2.75) is 19.8 Å². The fourth-order valence-electron chi connectivity index (χ4n) is 1.38. The van der Waals surface area contributed by atoms with E-state index < -0.39 is 0 Å². The third-order valence-corrected chi connectivity index (χ3v) is 3.16. The molecule has 0 saturated carbocycles. The third kappa shape index (κ3) is 2.33. The molecule has 0 saturated heterocycles. The van der Waals surface area contributed by atoms with Crippen LogP contribution in [0, 0.1) is 3.95 Å². The molecule has 15 heavy (non-hydrogen) atoms. The molecule has 0 aliphatic carbocycles. The van der Waals surface area contributed by atoms with Crippen LogP contribution in [0.4, 0.5) is 0 Å². The van der Waals surface area contributed by atoms with Gasteiger partial charge in [-0.05, 0) is 35.2 Å². The molecule has 2 rings (SSSR count). The van der Waals surface area contributed by atoms with E-state index in [0.29, 0.717) is 5.92 Å². The molecule has 78 valence electrons. The van der Waals surface area contributed by atoms with E-state index in [1.807, 2.05) is 0 Å². The lowest BCUT2D eigenvalue weighted by molar-refractivity contribution is 0.867. The SMILES string of the molecule is CC(C)c1ccc(-c2nsc(=S)[nH]2)cc1. The second-order valence-electron chi connectivity index (χ2n) is 3.72. The van der Waals surface area contributed by atoms with Gasteiger partial charge in [0.15, 0.2) is 9.78 Å². The minimum Gasteiger partial charge on any atom is -0.320 e. The Balaban J connectivity index is 2.35. The number of nitrogens with one attached hydrogen (secondary N) is 1. The summed E-state index contributed by atoms with van der Waals surface area (Å²) in [4.78, 5) is 3.06. The number of aromatic nitrogens is 2. The molecule has 0 amide bonds. The maximum atomic E-state index is 5.00.